The summed E-state index contributed by atoms with van der Waals surface area (Å²) in [5.74, 6) is 2.44. The van der Waals surface area contributed by atoms with E-state index < -0.39 is 0 Å². The SMILES string of the molecule is c1ccc(-c2cccc(-c3nc(-c4ccccc4)nc(-n4c5ccccc5c5cc6c7ccccc7n(-c7ccc(-c8cc(-c9ccccc9)nc(-c9ccccc9)n8)cc7)c6cc54)n3)c2)cc1. The molecule has 0 atom stereocenters. The lowest BCUT2D eigenvalue weighted by atomic mass is 10.0. The fraction of sp³-hybridized carbons (Fsp3) is 0. The monoisotopic (exact) mass is 869 g/mol. The smallest absolute Gasteiger partial charge is 0.238 e. The highest BCUT2D eigenvalue weighted by Crippen LogP contribution is 2.40. The van der Waals surface area contributed by atoms with E-state index in [1.165, 1.54) is 5.39 Å². The van der Waals surface area contributed by atoms with Gasteiger partial charge in [-0.25, -0.2) is 15.0 Å². The Bertz CT molecular complexity index is 3940. The van der Waals surface area contributed by atoms with Crippen LogP contribution in [0.15, 0.2) is 237 Å². The predicted octanol–water partition coefficient (Wildman–Crippen LogP) is 14.9. The number of fused-ring (bicyclic) bond motifs is 6. The lowest BCUT2D eigenvalue weighted by Crippen LogP contribution is -2.06. The quantitative estimate of drug-likeness (QED) is 0.152. The first-order valence-corrected chi connectivity index (χ1v) is 22.7. The van der Waals surface area contributed by atoms with Gasteiger partial charge in [0.2, 0.25) is 5.95 Å². The van der Waals surface area contributed by atoms with Crippen LogP contribution in [0.4, 0.5) is 0 Å². The van der Waals surface area contributed by atoms with Crippen LogP contribution >= 0.6 is 0 Å². The maximum absolute atomic E-state index is 5.32. The average molecular weight is 870 g/mol. The third kappa shape index (κ3) is 6.80. The summed E-state index contributed by atoms with van der Waals surface area (Å²) in [5, 5.41) is 4.57. The van der Waals surface area contributed by atoms with Crippen molar-refractivity contribution < 1.29 is 0 Å². The van der Waals surface area contributed by atoms with Crippen molar-refractivity contribution in [3.8, 4) is 79.4 Å². The molecular weight excluding hydrogens is 831 g/mol. The van der Waals surface area contributed by atoms with Gasteiger partial charge in [0.25, 0.3) is 0 Å². The number of para-hydroxylation sites is 2. The summed E-state index contributed by atoms with van der Waals surface area (Å²) < 4.78 is 4.57. The van der Waals surface area contributed by atoms with Gasteiger partial charge in [0.05, 0.1) is 33.5 Å². The van der Waals surface area contributed by atoms with Crippen molar-refractivity contribution in [1.82, 2.24) is 34.1 Å². The van der Waals surface area contributed by atoms with Gasteiger partial charge in [0, 0.05) is 55.0 Å². The Labute approximate surface area is 392 Å². The van der Waals surface area contributed by atoms with Gasteiger partial charge in [-0.2, -0.15) is 9.97 Å². The molecule has 0 saturated carbocycles. The van der Waals surface area contributed by atoms with Gasteiger partial charge in [0.1, 0.15) is 0 Å². The maximum Gasteiger partial charge on any atom is 0.238 e. The summed E-state index contributed by atoms with van der Waals surface area (Å²) in [6.07, 6.45) is 0. The van der Waals surface area contributed by atoms with E-state index in [2.05, 4.69) is 185 Å². The van der Waals surface area contributed by atoms with Crippen LogP contribution in [0.1, 0.15) is 0 Å². The van der Waals surface area contributed by atoms with E-state index in [9.17, 15) is 0 Å². The molecule has 0 saturated heterocycles. The fourth-order valence-corrected chi connectivity index (χ4v) is 9.55. The lowest BCUT2D eigenvalue weighted by molar-refractivity contribution is 0.953. The van der Waals surface area contributed by atoms with E-state index in [1.807, 2.05) is 60.7 Å². The molecule has 4 heterocycles. The molecule has 0 unspecified atom stereocenters. The van der Waals surface area contributed by atoms with Gasteiger partial charge < -0.3 is 4.57 Å². The van der Waals surface area contributed by atoms with Crippen LogP contribution < -0.4 is 0 Å². The molecule has 0 aliphatic rings. The number of aromatic nitrogens is 7. The maximum atomic E-state index is 5.32. The van der Waals surface area contributed by atoms with Crippen molar-refractivity contribution in [2.75, 3.05) is 0 Å². The number of benzene rings is 9. The van der Waals surface area contributed by atoms with Gasteiger partial charge in [-0.3, -0.25) is 4.57 Å². The Morgan fingerprint density at radius 1 is 0.235 bits per heavy atom. The standard InChI is InChI=1S/C61H39N7/c1-5-18-40(19-6-1)45-26-17-27-46(36-45)60-64-59(44-24-11-4-12-25-44)65-61(66-60)68-55-31-16-14-29-49(55)51-37-50-48-28-13-15-30-54(48)67(56(50)39-57(51)68)47-34-32-42(33-35-47)53-38-52(41-20-7-2-8-21-41)62-58(63-53)43-22-9-3-10-23-43/h1-39H. The first-order valence-electron chi connectivity index (χ1n) is 22.7. The topological polar surface area (TPSA) is 74.3 Å². The summed E-state index contributed by atoms with van der Waals surface area (Å²) in [7, 11) is 0. The van der Waals surface area contributed by atoms with Gasteiger partial charge >= 0.3 is 0 Å². The molecule has 0 amide bonds. The Hall–Kier alpha value is -9.33. The molecule has 7 nitrogen and oxygen atoms in total. The van der Waals surface area contributed by atoms with Crippen molar-refractivity contribution in [3.05, 3.63) is 237 Å². The molecule has 0 aliphatic carbocycles. The molecule has 9 aromatic carbocycles. The molecule has 0 spiro atoms. The van der Waals surface area contributed by atoms with Crippen LogP contribution in [-0.4, -0.2) is 34.1 Å². The summed E-state index contributed by atoms with van der Waals surface area (Å²) in [5.41, 5.74) is 14.0. The van der Waals surface area contributed by atoms with E-state index in [-0.39, 0.29) is 0 Å². The van der Waals surface area contributed by atoms with E-state index in [0.29, 0.717) is 23.4 Å². The zero-order valence-electron chi connectivity index (χ0n) is 36.6. The van der Waals surface area contributed by atoms with Crippen LogP contribution in [0.5, 0.6) is 0 Å². The normalized spacial score (nSPS) is 11.5. The Morgan fingerprint density at radius 3 is 1.28 bits per heavy atom. The third-order valence-electron chi connectivity index (χ3n) is 12.8. The average Bonchev–Trinajstić information content (AvgIpc) is 3.93. The fourth-order valence-electron chi connectivity index (χ4n) is 9.55. The van der Waals surface area contributed by atoms with E-state index >= 15 is 0 Å². The van der Waals surface area contributed by atoms with Crippen molar-refractivity contribution >= 4 is 43.6 Å². The summed E-state index contributed by atoms with van der Waals surface area (Å²) in [6.45, 7) is 0. The van der Waals surface area contributed by atoms with Crippen LogP contribution in [0.3, 0.4) is 0 Å². The third-order valence-corrected chi connectivity index (χ3v) is 12.8. The zero-order valence-corrected chi connectivity index (χ0v) is 36.6. The minimum atomic E-state index is 0.547. The molecule has 4 aromatic heterocycles. The molecule has 7 heteroatoms. The van der Waals surface area contributed by atoms with Crippen LogP contribution in [-0.2, 0) is 0 Å². The van der Waals surface area contributed by atoms with Crippen LogP contribution in [0.25, 0.3) is 123 Å². The highest BCUT2D eigenvalue weighted by atomic mass is 15.2. The number of hydrogen-bond donors (Lipinski definition) is 0. The molecule has 68 heavy (non-hydrogen) atoms. The Balaban J connectivity index is 0.998. The second-order valence-electron chi connectivity index (χ2n) is 16.9. The second kappa shape index (κ2) is 16.3. The van der Waals surface area contributed by atoms with Gasteiger partial charge in [-0.05, 0) is 59.7 Å². The molecule has 318 valence electrons. The first-order chi connectivity index (χ1) is 33.7. The van der Waals surface area contributed by atoms with Crippen LogP contribution in [0, 0.1) is 0 Å². The molecular formula is C61H39N7. The Kier molecular flexibility index (Phi) is 9.35. The zero-order chi connectivity index (χ0) is 45.0. The predicted molar refractivity (Wildman–Crippen MR) is 277 cm³/mol. The molecule has 0 radical (unpaired) electrons. The van der Waals surface area contributed by atoms with E-state index in [4.69, 9.17) is 24.9 Å². The van der Waals surface area contributed by atoms with Crippen molar-refractivity contribution in [3.63, 3.8) is 0 Å². The van der Waals surface area contributed by atoms with Crippen LogP contribution in [0.2, 0.25) is 0 Å². The molecule has 0 bridgehead atoms. The summed E-state index contributed by atoms with van der Waals surface area (Å²) in [6, 6.07) is 82.2. The molecule has 0 N–H and O–H groups in total. The van der Waals surface area contributed by atoms with Crippen molar-refractivity contribution in [2.45, 2.75) is 0 Å². The summed E-state index contributed by atoms with van der Waals surface area (Å²) in [4.78, 5) is 25.9. The molecule has 0 aliphatic heterocycles. The van der Waals surface area contributed by atoms with Crippen molar-refractivity contribution in [2.24, 2.45) is 0 Å². The lowest BCUT2D eigenvalue weighted by Gasteiger charge is -2.13. The molecule has 13 aromatic rings. The number of rotatable bonds is 8. The molecule has 0 fully saturated rings. The second-order valence-corrected chi connectivity index (χ2v) is 16.9. The first kappa shape index (κ1) is 39.1. The van der Waals surface area contributed by atoms with Gasteiger partial charge in [-0.15, -0.1) is 0 Å². The van der Waals surface area contributed by atoms with E-state index in [0.717, 1.165) is 94.2 Å². The van der Waals surface area contributed by atoms with Gasteiger partial charge in [-0.1, -0.05) is 188 Å². The highest BCUT2D eigenvalue weighted by molar-refractivity contribution is 6.19. The highest BCUT2D eigenvalue weighted by Gasteiger charge is 2.22. The number of hydrogen-bond acceptors (Lipinski definition) is 5. The summed E-state index contributed by atoms with van der Waals surface area (Å²) >= 11 is 0. The minimum absolute atomic E-state index is 0.547. The minimum Gasteiger partial charge on any atom is -0.309 e. The van der Waals surface area contributed by atoms with Crippen molar-refractivity contribution in [1.29, 1.82) is 0 Å². The van der Waals surface area contributed by atoms with Gasteiger partial charge in [0.15, 0.2) is 17.5 Å². The van der Waals surface area contributed by atoms with E-state index in [1.54, 1.807) is 0 Å². The largest absolute Gasteiger partial charge is 0.309 e. The Morgan fingerprint density at radius 2 is 0.676 bits per heavy atom. The molecule has 13 rings (SSSR count). The number of nitrogens with zero attached hydrogens (tertiary/aromatic N) is 7.